The Morgan fingerprint density at radius 2 is 1.43 bits per heavy atom. The summed E-state index contributed by atoms with van der Waals surface area (Å²) in [5.41, 5.74) is 0. The average molecular weight is 292 g/mol. The van der Waals surface area contributed by atoms with Gasteiger partial charge in [-0.2, -0.15) is 0 Å². The lowest BCUT2D eigenvalue weighted by molar-refractivity contribution is -0.157. The van der Waals surface area contributed by atoms with Gasteiger partial charge in [0.2, 0.25) is 0 Å². The number of carbonyl (C=O) groups is 1. The summed E-state index contributed by atoms with van der Waals surface area (Å²) in [4.78, 5) is 16.9. The Morgan fingerprint density at radius 1 is 0.952 bits per heavy atom. The highest BCUT2D eigenvalue weighted by atomic mass is 16.5. The molecular formula is C17H28N2O2. The van der Waals surface area contributed by atoms with Gasteiger partial charge in [-0.25, -0.2) is 0 Å². The van der Waals surface area contributed by atoms with Crippen LogP contribution in [0.3, 0.4) is 0 Å². The van der Waals surface area contributed by atoms with Crippen LogP contribution in [0.1, 0.15) is 25.7 Å². The van der Waals surface area contributed by atoms with Crippen molar-refractivity contribution in [1.82, 2.24) is 9.80 Å². The normalized spacial score (nSPS) is 22.9. The Kier molecular flexibility index (Phi) is 6.46. The van der Waals surface area contributed by atoms with Gasteiger partial charge in [-0.15, -0.1) is 13.2 Å². The first kappa shape index (κ1) is 16.2. The van der Waals surface area contributed by atoms with Crippen molar-refractivity contribution in [2.24, 2.45) is 5.92 Å². The van der Waals surface area contributed by atoms with E-state index >= 15 is 0 Å². The summed E-state index contributed by atoms with van der Waals surface area (Å²) in [6.45, 7) is 13.3. The summed E-state index contributed by atoms with van der Waals surface area (Å²) in [6, 6.07) is 0. The Labute approximate surface area is 128 Å². The maximum atomic E-state index is 12.2. The summed E-state index contributed by atoms with van der Waals surface area (Å²) >= 11 is 0. The molecule has 0 saturated carbocycles. The Morgan fingerprint density at radius 3 is 1.90 bits per heavy atom. The van der Waals surface area contributed by atoms with E-state index in [0.717, 1.165) is 65.0 Å². The summed E-state index contributed by atoms with van der Waals surface area (Å²) in [7, 11) is 0. The van der Waals surface area contributed by atoms with E-state index in [1.807, 2.05) is 12.2 Å². The lowest BCUT2D eigenvalue weighted by Gasteiger charge is -2.33. The molecule has 0 aromatic carbocycles. The summed E-state index contributed by atoms with van der Waals surface area (Å²) in [5.74, 6) is 0.118. The van der Waals surface area contributed by atoms with Crippen molar-refractivity contribution in [3.63, 3.8) is 0 Å². The molecule has 0 amide bonds. The van der Waals surface area contributed by atoms with Gasteiger partial charge in [0, 0.05) is 26.2 Å². The predicted molar refractivity (Wildman–Crippen MR) is 85.1 cm³/mol. The Balaban J connectivity index is 1.68. The van der Waals surface area contributed by atoms with Crippen molar-refractivity contribution in [1.29, 1.82) is 0 Å². The van der Waals surface area contributed by atoms with Crippen LogP contribution in [-0.2, 0) is 9.53 Å². The van der Waals surface area contributed by atoms with Gasteiger partial charge in [-0.05, 0) is 38.8 Å². The summed E-state index contributed by atoms with van der Waals surface area (Å²) in [6.07, 6.45) is 7.72. The number of piperidine rings is 2. The fourth-order valence-corrected chi connectivity index (χ4v) is 3.19. The topological polar surface area (TPSA) is 32.8 Å². The monoisotopic (exact) mass is 292 g/mol. The lowest BCUT2D eigenvalue weighted by Crippen LogP contribution is -2.41. The second kappa shape index (κ2) is 8.35. The molecule has 2 aliphatic rings. The zero-order valence-electron chi connectivity index (χ0n) is 13.0. The molecule has 4 heteroatoms. The van der Waals surface area contributed by atoms with E-state index in [4.69, 9.17) is 4.74 Å². The maximum Gasteiger partial charge on any atom is 0.309 e. The van der Waals surface area contributed by atoms with Crippen LogP contribution in [0.5, 0.6) is 0 Å². The number of carbonyl (C=O) groups excluding carboxylic acids is 1. The molecule has 0 bridgehead atoms. The van der Waals surface area contributed by atoms with E-state index in [9.17, 15) is 4.79 Å². The third-order valence-corrected chi connectivity index (χ3v) is 4.51. The van der Waals surface area contributed by atoms with Crippen LogP contribution in [0.2, 0.25) is 0 Å². The van der Waals surface area contributed by atoms with Crippen molar-refractivity contribution >= 4 is 5.97 Å². The first-order valence-corrected chi connectivity index (χ1v) is 8.10. The number of rotatable bonds is 6. The molecule has 0 unspecified atom stereocenters. The fraction of sp³-hybridized carbons (Fsp3) is 0.706. The number of nitrogens with zero attached hydrogens (tertiary/aromatic N) is 2. The van der Waals surface area contributed by atoms with Crippen LogP contribution in [-0.4, -0.2) is 61.1 Å². The molecule has 118 valence electrons. The van der Waals surface area contributed by atoms with Gasteiger partial charge < -0.3 is 4.74 Å². The van der Waals surface area contributed by atoms with Crippen LogP contribution < -0.4 is 0 Å². The zero-order chi connectivity index (χ0) is 15.1. The van der Waals surface area contributed by atoms with Gasteiger partial charge in [0.1, 0.15) is 6.10 Å². The van der Waals surface area contributed by atoms with Crippen LogP contribution >= 0.6 is 0 Å². The fourth-order valence-electron chi connectivity index (χ4n) is 3.19. The molecule has 2 saturated heterocycles. The standard InChI is InChI=1S/C17H28N2O2/c1-3-9-18-11-5-15(6-12-18)17(20)21-16-7-13-19(10-4-2)14-8-16/h3-4,15-16H,1-2,5-14H2. The molecule has 2 aliphatic heterocycles. The molecule has 0 atom stereocenters. The molecule has 0 aromatic heterocycles. The number of hydrogen-bond donors (Lipinski definition) is 0. The first-order chi connectivity index (χ1) is 10.2. The van der Waals surface area contributed by atoms with Gasteiger partial charge in [0.15, 0.2) is 0 Å². The zero-order valence-corrected chi connectivity index (χ0v) is 13.0. The van der Waals surface area contributed by atoms with Crippen molar-refractivity contribution in [2.75, 3.05) is 39.3 Å². The molecule has 2 heterocycles. The molecule has 21 heavy (non-hydrogen) atoms. The third-order valence-electron chi connectivity index (χ3n) is 4.51. The second-order valence-electron chi connectivity index (χ2n) is 6.09. The van der Waals surface area contributed by atoms with Crippen molar-refractivity contribution in [2.45, 2.75) is 31.8 Å². The van der Waals surface area contributed by atoms with Gasteiger partial charge in [-0.1, -0.05) is 12.2 Å². The molecule has 4 nitrogen and oxygen atoms in total. The van der Waals surface area contributed by atoms with E-state index in [1.54, 1.807) is 0 Å². The molecule has 0 radical (unpaired) electrons. The van der Waals surface area contributed by atoms with Crippen LogP contribution in [0.15, 0.2) is 25.3 Å². The first-order valence-electron chi connectivity index (χ1n) is 8.10. The third kappa shape index (κ3) is 4.97. The van der Waals surface area contributed by atoms with Gasteiger partial charge >= 0.3 is 5.97 Å². The number of likely N-dealkylation sites (tertiary alicyclic amines) is 2. The molecule has 0 aromatic rings. The van der Waals surface area contributed by atoms with E-state index in [1.165, 1.54) is 0 Å². The van der Waals surface area contributed by atoms with Crippen molar-refractivity contribution in [3.8, 4) is 0 Å². The second-order valence-corrected chi connectivity index (χ2v) is 6.09. The quantitative estimate of drug-likeness (QED) is 0.554. The highest BCUT2D eigenvalue weighted by Gasteiger charge is 2.29. The maximum absolute atomic E-state index is 12.2. The number of hydrogen-bond acceptors (Lipinski definition) is 4. The molecule has 0 aliphatic carbocycles. The van der Waals surface area contributed by atoms with Gasteiger partial charge in [0.25, 0.3) is 0 Å². The Bertz CT molecular complexity index is 354. The number of esters is 1. The minimum Gasteiger partial charge on any atom is -0.462 e. The predicted octanol–water partition coefficient (Wildman–Crippen LogP) is 2.08. The molecule has 0 spiro atoms. The van der Waals surface area contributed by atoms with E-state index < -0.39 is 0 Å². The van der Waals surface area contributed by atoms with Crippen molar-refractivity contribution < 1.29 is 9.53 Å². The molecular weight excluding hydrogens is 264 g/mol. The number of ether oxygens (including phenoxy) is 1. The molecule has 2 rings (SSSR count). The van der Waals surface area contributed by atoms with Crippen molar-refractivity contribution in [3.05, 3.63) is 25.3 Å². The van der Waals surface area contributed by atoms with E-state index in [0.29, 0.717) is 0 Å². The van der Waals surface area contributed by atoms with Gasteiger partial charge in [-0.3, -0.25) is 14.6 Å². The Hall–Kier alpha value is -1.13. The van der Waals surface area contributed by atoms with Gasteiger partial charge in [0.05, 0.1) is 5.92 Å². The SMILES string of the molecule is C=CCN1CCC(OC(=O)C2CCN(CC=C)CC2)CC1. The highest BCUT2D eigenvalue weighted by Crippen LogP contribution is 2.21. The minimum atomic E-state index is 0.0235. The summed E-state index contributed by atoms with van der Waals surface area (Å²) in [5, 5.41) is 0. The average Bonchev–Trinajstić information content (AvgIpc) is 2.50. The smallest absolute Gasteiger partial charge is 0.309 e. The largest absolute Gasteiger partial charge is 0.462 e. The lowest BCUT2D eigenvalue weighted by atomic mass is 9.96. The molecule has 2 fully saturated rings. The van der Waals surface area contributed by atoms with Crippen LogP contribution in [0, 0.1) is 5.92 Å². The highest BCUT2D eigenvalue weighted by molar-refractivity contribution is 5.72. The summed E-state index contributed by atoms with van der Waals surface area (Å²) < 4.78 is 5.72. The van der Waals surface area contributed by atoms with E-state index in [-0.39, 0.29) is 18.0 Å². The molecule has 0 N–H and O–H groups in total. The minimum absolute atomic E-state index is 0.0235. The van der Waals surface area contributed by atoms with E-state index in [2.05, 4.69) is 23.0 Å². The van der Waals surface area contributed by atoms with Crippen LogP contribution in [0.25, 0.3) is 0 Å². The van der Waals surface area contributed by atoms with Crippen LogP contribution in [0.4, 0.5) is 0 Å².